The largest absolute Gasteiger partial charge is 0.366 e. The van der Waals surface area contributed by atoms with Gasteiger partial charge >= 0.3 is 0 Å². The van der Waals surface area contributed by atoms with Crippen LogP contribution in [0.3, 0.4) is 0 Å². The third-order valence-electron chi connectivity index (χ3n) is 5.05. The summed E-state index contributed by atoms with van der Waals surface area (Å²) in [5.74, 6) is 0.773. The van der Waals surface area contributed by atoms with Gasteiger partial charge in [0.05, 0.1) is 5.69 Å². The zero-order valence-corrected chi connectivity index (χ0v) is 13.6. The summed E-state index contributed by atoms with van der Waals surface area (Å²) in [6, 6.07) is 6.87. The van der Waals surface area contributed by atoms with Crippen molar-refractivity contribution < 1.29 is 9.18 Å². The number of anilines is 1. The predicted molar refractivity (Wildman–Crippen MR) is 90.0 cm³/mol. The highest BCUT2D eigenvalue weighted by Gasteiger charge is 2.23. The lowest BCUT2D eigenvalue weighted by Crippen LogP contribution is -2.49. The maximum absolute atomic E-state index is 13.8. The average molecular weight is 319 g/mol. The molecule has 4 nitrogen and oxygen atoms in total. The van der Waals surface area contributed by atoms with Crippen LogP contribution in [0, 0.1) is 11.7 Å². The van der Waals surface area contributed by atoms with Crippen LogP contribution in [0.5, 0.6) is 0 Å². The summed E-state index contributed by atoms with van der Waals surface area (Å²) >= 11 is 0. The second kappa shape index (κ2) is 7.77. The Morgan fingerprint density at radius 1 is 1.13 bits per heavy atom. The van der Waals surface area contributed by atoms with Crippen LogP contribution >= 0.6 is 0 Å². The van der Waals surface area contributed by atoms with Crippen molar-refractivity contribution in [2.75, 3.05) is 44.2 Å². The molecule has 126 valence electrons. The van der Waals surface area contributed by atoms with Gasteiger partial charge in [0.1, 0.15) is 5.82 Å². The van der Waals surface area contributed by atoms with Gasteiger partial charge in [-0.3, -0.25) is 4.79 Å². The Morgan fingerprint density at radius 3 is 2.52 bits per heavy atom. The molecule has 0 spiro atoms. The van der Waals surface area contributed by atoms with Gasteiger partial charge in [-0.15, -0.1) is 0 Å². The Balaban J connectivity index is 1.45. The standard InChI is InChI=1S/C18H26FN3O/c19-16-3-1-2-4-17(16)21-11-13-22(14-12-21)18(23)6-5-15-7-9-20-10-8-15/h1-4,15,20H,5-14H2. The fraction of sp³-hybridized carbons (Fsp3) is 0.611. The first-order valence-electron chi connectivity index (χ1n) is 8.72. The Bertz CT molecular complexity index is 523. The number of piperidine rings is 1. The summed E-state index contributed by atoms with van der Waals surface area (Å²) in [5.41, 5.74) is 0.648. The van der Waals surface area contributed by atoms with E-state index in [1.807, 2.05) is 21.9 Å². The number of benzene rings is 1. The third-order valence-corrected chi connectivity index (χ3v) is 5.05. The predicted octanol–water partition coefficient (Wildman–Crippen LogP) is 2.25. The van der Waals surface area contributed by atoms with Crippen LogP contribution in [0.15, 0.2) is 24.3 Å². The molecule has 1 amide bonds. The number of halogens is 1. The number of hydrogen-bond acceptors (Lipinski definition) is 3. The van der Waals surface area contributed by atoms with E-state index in [9.17, 15) is 9.18 Å². The summed E-state index contributed by atoms with van der Waals surface area (Å²) in [7, 11) is 0. The molecule has 0 bridgehead atoms. The van der Waals surface area contributed by atoms with Crippen molar-refractivity contribution in [2.45, 2.75) is 25.7 Å². The second-order valence-electron chi connectivity index (χ2n) is 6.55. The van der Waals surface area contributed by atoms with E-state index in [0.29, 0.717) is 44.2 Å². The van der Waals surface area contributed by atoms with Crippen molar-refractivity contribution >= 4 is 11.6 Å². The van der Waals surface area contributed by atoms with Gasteiger partial charge in [-0.05, 0) is 50.4 Å². The number of carbonyl (C=O) groups excluding carboxylic acids is 1. The quantitative estimate of drug-likeness (QED) is 0.925. The molecule has 1 N–H and O–H groups in total. The molecule has 0 aliphatic carbocycles. The van der Waals surface area contributed by atoms with Gasteiger partial charge in [0, 0.05) is 32.6 Å². The van der Waals surface area contributed by atoms with E-state index in [1.165, 1.54) is 18.9 Å². The van der Waals surface area contributed by atoms with E-state index in [4.69, 9.17) is 0 Å². The summed E-state index contributed by atoms with van der Waals surface area (Å²) in [4.78, 5) is 16.3. The zero-order chi connectivity index (χ0) is 16.1. The number of nitrogens with one attached hydrogen (secondary N) is 1. The number of carbonyl (C=O) groups is 1. The van der Waals surface area contributed by atoms with Crippen molar-refractivity contribution in [3.05, 3.63) is 30.1 Å². The SMILES string of the molecule is O=C(CCC1CCNCC1)N1CCN(c2ccccc2F)CC1. The van der Waals surface area contributed by atoms with Gasteiger partial charge in [0.2, 0.25) is 5.91 Å². The van der Waals surface area contributed by atoms with Gasteiger partial charge in [-0.25, -0.2) is 4.39 Å². The Kier molecular flexibility index (Phi) is 5.49. The van der Waals surface area contributed by atoms with Crippen LogP contribution in [0.1, 0.15) is 25.7 Å². The van der Waals surface area contributed by atoms with Gasteiger partial charge < -0.3 is 15.1 Å². The van der Waals surface area contributed by atoms with E-state index < -0.39 is 0 Å². The van der Waals surface area contributed by atoms with Crippen molar-refractivity contribution in [2.24, 2.45) is 5.92 Å². The smallest absolute Gasteiger partial charge is 0.222 e. The van der Waals surface area contributed by atoms with Gasteiger partial charge in [0.25, 0.3) is 0 Å². The number of para-hydroxylation sites is 1. The summed E-state index contributed by atoms with van der Waals surface area (Å²) in [6.07, 6.45) is 4.04. The molecular weight excluding hydrogens is 293 g/mol. The topological polar surface area (TPSA) is 35.6 Å². The van der Waals surface area contributed by atoms with E-state index in [2.05, 4.69) is 5.32 Å². The lowest BCUT2D eigenvalue weighted by Gasteiger charge is -2.36. The van der Waals surface area contributed by atoms with Crippen molar-refractivity contribution in [3.63, 3.8) is 0 Å². The fourth-order valence-corrected chi connectivity index (χ4v) is 3.56. The monoisotopic (exact) mass is 319 g/mol. The minimum absolute atomic E-state index is 0.182. The molecule has 2 aliphatic rings. The molecule has 0 atom stereocenters. The average Bonchev–Trinajstić information content (AvgIpc) is 2.61. The van der Waals surface area contributed by atoms with Crippen LogP contribution in [-0.4, -0.2) is 50.1 Å². The molecule has 1 aromatic carbocycles. The lowest BCUT2D eigenvalue weighted by atomic mass is 9.93. The van der Waals surface area contributed by atoms with Crippen molar-refractivity contribution in [3.8, 4) is 0 Å². The highest BCUT2D eigenvalue weighted by Crippen LogP contribution is 2.21. The molecule has 0 unspecified atom stereocenters. The van der Waals surface area contributed by atoms with Crippen LogP contribution in [0.25, 0.3) is 0 Å². The second-order valence-corrected chi connectivity index (χ2v) is 6.55. The molecule has 2 saturated heterocycles. The van der Waals surface area contributed by atoms with E-state index in [-0.39, 0.29) is 11.7 Å². The van der Waals surface area contributed by atoms with E-state index in [1.54, 1.807) is 6.07 Å². The van der Waals surface area contributed by atoms with Gasteiger partial charge in [-0.1, -0.05) is 12.1 Å². The van der Waals surface area contributed by atoms with Crippen molar-refractivity contribution in [1.29, 1.82) is 0 Å². The Labute approximate surface area is 137 Å². The molecule has 0 saturated carbocycles. The number of amides is 1. The molecule has 2 fully saturated rings. The molecule has 3 rings (SSSR count). The summed E-state index contributed by atoms with van der Waals surface area (Å²) in [6.45, 7) is 4.97. The molecule has 2 aliphatic heterocycles. The van der Waals surface area contributed by atoms with Gasteiger partial charge in [-0.2, -0.15) is 0 Å². The molecule has 2 heterocycles. The molecule has 23 heavy (non-hydrogen) atoms. The van der Waals surface area contributed by atoms with E-state index in [0.717, 1.165) is 19.5 Å². The Morgan fingerprint density at radius 2 is 1.83 bits per heavy atom. The highest BCUT2D eigenvalue weighted by atomic mass is 19.1. The van der Waals surface area contributed by atoms with Gasteiger partial charge in [0.15, 0.2) is 0 Å². The first-order chi connectivity index (χ1) is 11.2. The molecule has 0 radical (unpaired) electrons. The maximum atomic E-state index is 13.8. The third kappa shape index (κ3) is 4.22. The number of rotatable bonds is 4. The van der Waals surface area contributed by atoms with Crippen LogP contribution in [0.2, 0.25) is 0 Å². The minimum Gasteiger partial charge on any atom is -0.366 e. The maximum Gasteiger partial charge on any atom is 0.222 e. The highest BCUT2D eigenvalue weighted by molar-refractivity contribution is 5.76. The molecule has 1 aromatic rings. The molecule has 0 aromatic heterocycles. The van der Waals surface area contributed by atoms with Crippen LogP contribution < -0.4 is 10.2 Å². The van der Waals surface area contributed by atoms with Crippen LogP contribution in [0.4, 0.5) is 10.1 Å². The van der Waals surface area contributed by atoms with Crippen molar-refractivity contribution in [1.82, 2.24) is 10.2 Å². The number of piperazine rings is 1. The number of nitrogens with zero attached hydrogens (tertiary/aromatic N) is 2. The number of hydrogen-bond donors (Lipinski definition) is 1. The van der Waals surface area contributed by atoms with Crippen LogP contribution in [-0.2, 0) is 4.79 Å². The zero-order valence-electron chi connectivity index (χ0n) is 13.6. The molecular formula is C18H26FN3O. The van der Waals surface area contributed by atoms with E-state index >= 15 is 0 Å². The summed E-state index contributed by atoms with van der Waals surface area (Å²) < 4.78 is 13.8. The first-order valence-corrected chi connectivity index (χ1v) is 8.72. The minimum atomic E-state index is -0.182. The lowest BCUT2D eigenvalue weighted by molar-refractivity contribution is -0.131. The molecule has 5 heteroatoms. The normalized spacial score (nSPS) is 19.9. The first kappa shape index (κ1) is 16.2. The Hall–Kier alpha value is -1.62. The summed E-state index contributed by atoms with van der Waals surface area (Å²) in [5, 5.41) is 3.36. The fourth-order valence-electron chi connectivity index (χ4n) is 3.56.